The highest BCUT2D eigenvalue weighted by molar-refractivity contribution is 5.96. The summed E-state index contributed by atoms with van der Waals surface area (Å²) in [6.07, 6.45) is 6.11. The van der Waals surface area contributed by atoms with E-state index in [-0.39, 0.29) is 11.9 Å². The molecule has 0 bridgehead atoms. The first-order valence-electron chi connectivity index (χ1n) is 9.29. The lowest BCUT2D eigenvalue weighted by molar-refractivity contribution is -0.150. The molecule has 1 N–H and O–H groups in total. The van der Waals surface area contributed by atoms with Crippen molar-refractivity contribution < 1.29 is 23.8 Å². The number of amides is 1. The summed E-state index contributed by atoms with van der Waals surface area (Å²) in [6, 6.07) is 5.49. The Balaban J connectivity index is 2.06. The number of esters is 1. The standard InChI is InChI=1S/C21H29NO5/c1-15(2)14-27-17-9-7-16(13-18(17)25-3)8-10-19(23)22-21(20(24)26-4)11-5-6-12-21/h7-10,13,15H,5-6,11-12,14H2,1-4H3,(H,22,23)/b10-8+. The second-order valence-corrected chi connectivity index (χ2v) is 7.22. The minimum atomic E-state index is -0.900. The third kappa shape index (κ3) is 5.49. The van der Waals surface area contributed by atoms with E-state index in [0.29, 0.717) is 36.9 Å². The molecule has 1 saturated carbocycles. The summed E-state index contributed by atoms with van der Waals surface area (Å²) in [5, 5.41) is 2.83. The van der Waals surface area contributed by atoms with Gasteiger partial charge in [0.05, 0.1) is 20.8 Å². The molecule has 1 amide bonds. The van der Waals surface area contributed by atoms with E-state index in [1.807, 2.05) is 18.2 Å². The van der Waals surface area contributed by atoms with Gasteiger partial charge in [0.1, 0.15) is 5.54 Å². The van der Waals surface area contributed by atoms with E-state index in [1.165, 1.54) is 13.2 Å². The minimum absolute atomic E-state index is 0.318. The number of ether oxygens (including phenoxy) is 3. The number of hydrogen-bond acceptors (Lipinski definition) is 5. The maximum Gasteiger partial charge on any atom is 0.331 e. The zero-order valence-corrected chi connectivity index (χ0v) is 16.5. The van der Waals surface area contributed by atoms with Gasteiger partial charge in [-0.2, -0.15) is 0 Å². The first kappa shape index (κ1) is 20.8. The van der Waals surface area contributed by atoms with Crippen LogP contribution >= 0.6 is 0 Å². The van der Waals surface area contributed by atoms with E-state index in [9.17, 15) is 9.59 Å². The lowest BCUT2D eigenvalue weighted by Crippen LogP contribution is -2.52. The van der Waals surface area contributed by atoms with Crippen molar-refractivity contribution in [2.24, 2.45) is 5.92 Å². The fourth-order valence-corrected chi connectivity index (χ4v) is 3.17. The molecule has 2 rings (SSSR count). The average molecular weight is 375 g/mol. The molecule has 6 nitrogen and oxygen atoms in total. The molecule has 1 aromatic rings. The Hall–Kier alpha value is -2.50. The number of hydrogen-bond donors (Lipinski definition) is 1. The van der Waals surface area contributed by atoms with Gasteiger partial charge in [-0.3, -0.25) is 4.79 Å². The summed E-state index contributed by atoms with van der Waals surface area (Å²) in [5.41, 5.74) is -0.0972. The summed E-state index contributed by atoms with van der Waals surface area (Å²) in [5.74, 6) is 0.996. The summed E-state index contributed by atoms with van der Waals surface area (Å²) < 4.78 is 16.0. The summed E-state index contributed by atoms with van der Waals surface area (Å²) in [6.45, 7) is 4.75. The van der Waals surface area contributed by atoms with Gasteiger partial charge in [-0.15, -0.1) is 0 Å². The van der Waals surface area contributed by atoms with E-state index >= 15 is 0 Å². The van der Waals surface area contributed by atoms with Crippen LogP contribution in [-0.4, -0.2) is 38.2 Å². The van der Waals surface area contributed by atoms with Gasteiger partial charge < -0.3 is 19.5 Å². The molecule has 148 valence electrons. The molecular formula is C21H29NO5. The zero-order chi connectivity index (χ0) is 19.9. The summed E-state index contributed by atoms with van der Waals surface area (Å²) in [7, 11) is 2.93. The van der Waals surface area contributed by atoms with E-state index in [0.717, 1.165) is 18.4 Å². The lowest BCUT2D eigenvalue weighted by atomic mass is 9.97. The van der Waals surface area contributed by atoms with E-state index < -0.39 is 5.54 Å². The maximum absolute atomic E-state index is 12.3. The molecule has 0 saturated heterocycles. The fourth-order valence-electron chi connectivity index (χ4n) is 3.17. The van der Waals surface area contributed by atoms with Gasteiger partial charge in [0.15, 0.2) is 11.5 Å². The number of benzene rings is 1. The van der Waals surface area contributed by atoms with Crippen molar-refractivity contribution in [2.45, 2.75) is 45.1 Å². The van der Waals surface area contributed by atoms with Gasteiger partial charge in [-0.05, 0) is 42.5 Å². The predicted molar refractivity (Wildman–Crippen MR) is 104 cm³/mol. The Labute approximate surface area is 160 Å². The molecular weight excluding hydrogens is 346 g/mol. The van der Waals surface area contributed by atoms with Crippen LogP contribution in [-0.2, 0) is 14.3 Å². The highest BCUT2D eigenvalue weighted by Gasteiger charge is 2.43. The Morgan fingerprint density at radius 2 is 1.89 bits per heavy atom. The lowest BCUT2D eigenvalue weighted by Gasteiger charge is -2.26. The van der Waals surface area contributed by atoms with Crippen LogP contribution in [0.25, 0.3) is 6.08 Å². The third-order valence-electron chi connectivity index (χ3n) is 4.58. The van der Waals surface area contributed by atoms with Gasteiger partial charge in [-0.1, -0.05) is 32.8 Å². The van der Waals surface area contributed by atoms with Crippen LogP contribution in [0.5, 0.6) is 11.5 Å². The number of carbonyl (C=O) groups is 2. The van der Waals surface area contributed by atoms with E-state index in [1.54, 1.807) is 13.2 Å². The Morgan fingerprint density at radius 1 is 1.19 bits per heavy atom. The summed E-state index contributed by atoms with van der Waals surface area (Å²) in [4.78, 5) is 24.4. The first-order valence-corrected chi connectivity index (χ1v) is 9.29. The molecule has 0 aromatic heterocycles. The molecule has 6 heteroatoms. The van der Waals surface area contributed by atoms with Crippen molar-refractivity contribution in [3.63, 3.8) is 0 Å². The molecule has 0 atom stereocenters. The van der Waals surface area contributed by atoms with Crippen LogP contribution in [0.2, 0.25) is 0 Å². The van der Waals surface area contributed by atoms with Crippen molar-refractivity contribution in [3.8, 4) is 11.5 Å². The maximum atomic E-state index is 12.3. The Morgan fingerprint density at radius 3 is 2.48 bits per heavy atom. The molecule has 0 unspecified atom stereocenters. The highest BCUT2D eigenvalue weighted by atomic mass is 16.5. The van der Waals surface area contributed by atoms with E-state index in [4.69, 9.17) is 14.2 Å². The Kier molecular flexibility index (Phi) is 7.28. The predicted octanol–water partition coefficient (Wildman–Crippen LogP) is 3.35. The zero-order valence-electron chi connectivity index (χ0n) is 16.5. The quantitative estimate of drug-likeness (QED) is 0.557. The van der Waals surface area contributed by atoms with Crippen molar-refractivity contribution >= 4 is 18.0 Å². The normalized spacial score (nSPS) is 15.7. The first-order chi connectivity index (χ1) is 12.9. The topological polar surface area (TPSA) is 73.9 Å². The summed E-state index contributed by atoms with van der Waals surface area (Å²) >= 11 is 0. The van der Waals surface area contributed by atoms with Gasteiger partial charge in [0.25, 0.3) is 0 Å². The third-order valence-corrected chi connectivity index (χ3v) is 4.58. The van der Waals surface area contributed by atoms with Crippen LogP contribution in [0, 0.1) is 5.92 Å². The SMILES string of the molecule is COC(=O)C1(NC(=O)/C=C/c2ccc(OCC(C)C)c(OC)c2)CCCC1. The average Bonchev–Trinajstić information content (AvgIpc) is 3.13. The smallest absolute Gasteiger partial charge is 0.331 e. The van der Waals surface area contributed by atoms with Crippen molar-refractivity contribution in [3.05, 3.63) is 29.8 Å². The Bertz CT molecular complexity index is 690. The molecule has 1 aliphatic carbocycles. The molecule has 27 heavy (non-hydrogen) atoms. The second-order valence-electron chi connectivity index (χ2n) is 7.22. The molecule has 0 heterocycles. The van der Waals surface area contributed by atoms with Crippen molar-refractivity contribution in [1.82, 2.24) is 5.32 Å². The van der Waals surface area contributed by atoms with Crippen LogP contribution in [0.3, 0.4) is 0 Å². The van der Waals surface area contributed by atoms with Gasteiger partial charge in [0, 0.05) is 6.08 Å². The molecule has 0 aliphatic heterocycles. The molecule has 1 fully saturated rings. The fraction of sp³-hybridized carbons (Fsp3) is 0.524. The number of rotatable bonds is 8. The molecule has 0 spiro atoms. The van der Waals surface area contributed by atoms with Gasteiger partial charge in [0.2, 0.25) is 5.91 Å². The highest BCUT2D eigenvalue weighted by Crippen LogP contribution is 2.31. The largest absolute Gasteiger partial charge is 0.493 e. The van der Waals surface area contributed by atoms with E-state index in [2.05, 4.69) is 19.2 Å². The van der Waals surface area contributed by atoms with Crippen molar-refractivity contribution in [2.75, 3.05) is 20.8 Å². The monoisotopic (exact) mass is 375 g/mol. The van der Waals surface area contributed by atoms with Gasteiger partial charge in [-0.25, -0.2) is 4.79 Å². The number of nitrogens with one attached hydrogen (secondary N) is 1. The van der Waals surface area contributed by atoms with Crippen LogP contribution < -0.4 is 14.8 Å². The van der Waals surface area contributed by atoms with Crippen LogP contribution in [0.1, 0.15) is 45.1 Å². The number of carbonyl (C=O) groups excluding carboxylic acids is 2. The van der Waals surface area contributed by atoms with Crippen LogP contribution in [0.15, 0.2) is 24.3 Å². The second kappa shape index (κ2) is 9.44. The van der Waals surface area contributed by atoms with Crippen LogP contribution in [0.4, 0.5) is 0 Å². The molecule has 1 aliphatic rings. The molecule has 1 aromatic carbocycles. The van der Waals surface area contributed by atoms with Crippen molar-refractivity contribution in [1.29, 1.82) is 0 Å². The van der Waals surface area contributed by atoms with Gasteiger partial charge >= 0.3 is 5.97 Å². The minimum Gasteiger partial charge on any atom is -0.493 e. The number of methoxy groups -OCH3 is 2. The molecule has 0 radical (unpaired) electrons.